The first-order chi connectivity index (χ1) is 14.7. The van der Waals surface area contributed by atoms with Gasteiger partial charge in [-0.05, 0) is 76.6 Å². The van der Waals surface area contributed by atoms with Crippen molar-refractivity contribution in [2.45, 2.75) is 52.4 Å². The van der Waals surface area contributed by atoms with Gasteiger partial charge in [0.25, 0.3) is 5.56 Å². The lowest BCUT2D eigenvalue weighted by atomic mass is 9.98. The lowest BCUT2D eigenvalue weighted by Gasteiger charge is -2.22. The number of fused-ring (bicyclic) bond motifs is 1. The quantitative estimate of drug-likeness (QED) is 0.525. The Morgan fingerprint density at radius 2 is 1.75 bits per heavy atom. The Bertz CT molecular complexity index is 1210. The average Bonchev–Trinajstić information content (AvgIpc) is 2.65. The minimum Gasteiger partial charge on any atom is -0.456 e. The first-order valence-corrected chi connectivity index (χ1v) is 9.96. The van der Waals surface area contributed by atoms with E-state index in [-0.39, 0.29) is 22.3 Å². The molecule has 2 N–H and O–H groups in total. The molecule has 1 heterocycles. The number of anilines is 1. The number of hydrogen-bond acceptors (Lipinski definition) is 5. The number of rotatable bonds is 4. The highest BCUT2D eigenvalue weighted by atomic mass is 19.4. The molecule has 9 heteroatoms. The van der Waals surface area contributed by atoms with E-state index in [1.807, 2.05) is 0 Å². The molecule has 0 spiro atoms. The van der Waals surface area contributed by atoms with Gasteiger partial charge < -0.3 is 15.0 Å². The molecule has 0 aliphatic rings. The van der Waals surface area contributed by atoms with Crippen molar-refractivity contribution < 1.29 is 22.7 Å². The summed E-state index contributed by atoms with van der Waals surface area (Å²) >= 11 is 0. The summed E-state index contributed by atoms with van der Waals surface area (Å²) in [4.78, 5) is 30.9. The van der Waals surface area contributed by atoms with E-state index in [0.29, 0.717) is 11.3 Å². The SMILES string of the molecule is Cc1nc2cc(C(F)(F)F)c([C@@H](C)Nc3ccc(C(=O)OC(C)(C)C)cc3)cc2c(=O)[nH]1. The van der Waals surface area contributed by atoms with Gasteiger partial charge >= 0.3 is 12.1 Å². The summed E-state index contributed by atoms with van der Waals surface area (Å²) in [5.41, 5.74) is -1.28. The second kappa shape index (κ2) is 8.29. The topological polar surface area (TPSA) is 84.1 Å². The van der Waals surface area contributed by atoms with Crippen molar-refractivity contribution in [3.8, 4) is 0 Å². The number of halogens is 3. The third kappa shape index (κ3) is 5.27. The molecule has 0 aliphatic heterocycles. The van der Waals surface area contributed by atoms with E-state index in [9.17, 15) is 22.8 Å². The Morgan fingerprint density at radius 1 is 1.12 bits per heavy atom. The van der Waals surface area contributed by atoms with Crippen LogP contribution in [0.4, 0.5) is 18.9 Å². The third-order valence-electron chi connectivity index (χ3n) is 4.67. The number of aromatic nitrogens is 2. The minimum atomic E-state index is -4.63. The molecule has 0 unspecified atom stereocenters. The number of aromatic amines is 1. The molecule has 1 atom stereocenters. The summed E-state index contributed by atoms with van der Waals surface area (Å²) in [6, 6.07) is 7.57. The van der Waals surface area contributed by atoms with E-state index in [4.69, 9.17) is 4.74 Å². The van der Waals surface area contributed by atoms with Crippen LogP contribution in [-0.2, 0) is 10.9 Å². The number of benzene rings is 2. The predicted molar refractivity (Wildman–Crippen MR) is 116 cm³/mol. The number of carbonyl (C=O) groups excluding carboxylic acids is 1. The van der Waals surface area contributed by atoms with Gasteiger partial charge in [0, 0.05) is 11.7 Å². The van der Waals surface area contributed by atoms with Crippen LogP contribution in [0.5, 0.6) is 0 Å². The largest absolute Gasteiger partial charge is 0.456 e. The number of hydrogen-bond donors (Lipinski definition) is 2. The number of H-pyrrole nitrogens is 1. The van der Waals surface area contributed by atoms with Crippen molar-refractivity contribution in [2.24, 2.45) is 0 Å². The third-order valence-corrected chi connectivity index (χ3v) is 4.67. The van der Waals surface area contributed by atoms with Gasteiger partial charge in [0.2, 0.25) is 0 Å². The van der Waals surface area contributed by atoms with Crippen LogP contribution in [0.1, 0.15) is 61.0 Å². The molecule has 0 fully saturated rings. The Hall–Kier alpha value is -3.36. The van der Waals surface area contributed by atoms with Gasteiger partial charge in [-0.15, -0.1) is 0 Å². The predicted octanol–water partition coefficient (Wildman–Crippen LogP) is 5.38. The summed E-state index contributed by atoms with van der Waals surface area (Å²) in [7, 11) is 0. The number of nitrogens with zero attached hydrogens (tertiary/aromatic N) is 1. The maximum absolute atomic E-state index is 13.8. The van der Waals surface area contributed by atoms with Gasteiger partial charge in [-0.1, -0.05) is 0 Å². The lowest BCUT2D eigenvalue weighted by molar-refractivity contribution is -0.138. The highest BCUT2D eigenvalue weighted by Crippen LogP contribution is 2.37. The monoisotopic (exact) mass is 447 g/mol. The average molecular weight is 447 g/mol. The zero-order chi connectivity index (χ0) is 23.8. The van der Waals surface area contributed by atoms with Crippen LogP contribution in [0.15, 0.2) is 41.2 Å². The summed E-state index contributed by atoms with van der Waals surface area (Å²) < 4.78 is 46.6. The van der Waals surface area contributed by atoms with Gasteiger partial charge in [-0.2, -0.15) is 13.2 Å². The maximum Gasteiger partial charge on any atom is 0.416 e. The Labute approximate surface area is 182 Å². The first kappa shape index (κ1) is 23.3. The molecule has 0 amide bonds. The van der Waals surface area contributed by atoms with E-state index in [1.165, 1.54) is 25.1 Å². The van der Waals surface area contributed by atoms with Crippen LogP contribution < -0.4 is 10.9 Å². The van der Waals surface area contributed by atoms with Gasteiger partial charge in [-0.25, -0.2) is 9.78 Å². The molecule has 32 heavy (non-hydrogen) atoms. The summed E-state index contributed by atoms with van der Waals surface area (Å²) in [5.74, 6) is -0.257. The van der Waals surface area contributed by atoms with Crippen molar-refractivity contribution in [2.75, 3.05) is 5.32 Å². The molecule has 0 aliphatic carbocycles. The van der Waals surface area contributed by atoms with E-state index in [1.54, 1.807) is 39.8 Å². The Balaban J connectivity index is 1.93. The zero-order valence-electron chi connectivity index (χ0n) is 18.3. The van der Waals surface area contributed by atoms with Crippen LogP contribution in [0.3, 0.4) is 0 Å². The molecule has 6 nitrogen and oxygen atoms in total. The number of nitrogens with one attached hydrogen (secondary N) is 2. The van der Waals surface area contributed by atoms with E-state index >= 15 is 0 Å². The van der Waals surface area contributed by atoms with Gasteiger partial charge in [0.15, 0.2) is 0 Å². The maximum atomic E-state index is 13.8. The second-order valence-corrected chi connectivity index (χ2v) is 8.55. The first-order valence-electron chi connectivity index (χ1n) is 9.96. The molecule has 0 radical (unpaired) electrons. The number of carbonyl (C=O) groups is 1. The highest BCUT2D eigenvalue weighted by molar-refractivity contribution is 5.90. The van der Waals surface area contributed by atoms with Crippen molar-refractivity contribution in [1.82, 2.24) is 9.97 Å². The molecule has 3 aromatic rings. The number of esters is 1. The molecule has 0 bridgehead atoms. The fourth-order valence-electron chi connectivity index (χ4n) is 3.29. The summed E-state index contributed by atoms with van der Waals surface area (Å²) in [6.07, 6.45) is -4.63. The van der Waals surface area contributed by atoms with Crippen molar-refractivity contribution in [1.29, 1.82) is 0 Å². The Kier molecular flexibility index (Phi) is 6.04. The van der Waals surface area contributed by atoms with E-state index < -0.39 is 34.9 Å². The standard InChI is InChI=1S/C23H24F3N3O3/c1-12(27-15-8-6-14(7-9-15)21(31)32-22(3,4)5)16-10-17-19(11-18(16)23(24,25)26)28-13(2)29-20(17)30/h6-12,27H,1-5H3,(H,28,29,30)/t12-/m1/s1. The molecule has 3 rings (SSSR count). The van der Waals surface area contributed by atoms with Gasteiger partial charge in [0.05, 0.1) is 22.0 Å². The summed E-state index contributed by atoms with van der Waals surface area (Å²) in [5, 5.41) is 3.07. The second-order valence-electron chi connectivity index (χ2n) is 8.55. The van der Waals surface area contributed by atoms with E-state index in [2.05, 4.69) is 15.3 Å². The van der Waals surface area contributed by atoms with Crippen LogP contribution in [0.25, 0.3) is 10.9 Å². The van der Waals surface area contributed by atoms with Crippen molar-refractivity contribution >= 4 is 22.6 Å². The van der Waals surface area contributed by atoms with Crippen molar-refractivity contribution in [3.63, 3.8) is 0 Å². The summed E-state index contributed by atoms with van der Waals surface area (Å²) in [6.45, 7) is 8.34. The number of ether oxygens (including phenoxy) is 1. The zero-order valence-corrected chi connectivity index (χ0v) is 18.3. The van der Waals surface area contributed by atoms with Gasteiger partial charge in [0.1, 0.15) is 11.4 Å². The molecular weight excluding hydrogens is 423 g/mol. The molecule has 0 saturated carbocycles. The van der Waals surface area contributed by atoms with E-state index in [0.717, 1.165) is 6.07 Å². The number of aryl methyl sites for hydroxylation is 1. The van der Waals surface area contributed by atoms with Crippen LogP contribution in [0, 0.1) is 6.92 Å². The molecular formula is C23H24F3N3O3. The van der Waals surface area contributed by atoms with Crippen LogP contribution in [-0.4, -0.2) is 21.5 Å². The molecule has 170 valence electrons. The molecule has 0 saturated heterocycles. The van der Waals surface area contributed by atoms with Gasteiger partial charge in [-0.3, -0.25) is 4.79 Å². The Morgan fingerprint density at radius 3 is 2.31 bits per heavy atom. The highest BCUT2D eigenvalue weighted by Gasteiger charge is 2.35. The normalized spacial score (nSPS) is 13.1. The van der Waals surface area contributed by atoms with Crippen LogP contribution >= 0.6 is 0 Å². The number of alkyl halides is 3. The fraction of sp³-hybridized carbons (Fsp3) is 0.348. The van der Waals surface area contributed by atoms with Crippen molar-refractivity contribution in [3.05, 3.63) is 69.3 Å². The molecule has 1 aromatic heterocycles. The smallest absolute Gasteiger partial charge is 0.416 e. The lowest BCUT2D eigenvalue weighted by Crippen LogP contribution is -2.23. The molecule has 2 aromatic carbocycles. The fourth-order valence-corrected chi connectivity index (χ4v) is 3.29. The minimum absolute atomic E-state index is 0.0174. The van der Waals surface area contributed by atoms with Crippen LogP contribution in [0.2, 0.25) is 0 Å².